The van der Waals surface area contributed by atoms with Crippen LogP contribution in [0.1, 0.15) is 11.3 Å². The van der Waals surface area contributed by atoms with Crippen LogP contribution in [-0.4, -0.2) is 33.7 Å². The molecule has 0 aliphatic rings. The molecule has 1 aromatic carbocycles. The van der Waals surface area contributed by atoms with Crippen LogP contribution in [0.2, 0.25) is 0 Å². The fourth-order valence-corrected chi connectivity index (χ4v) is 2.00. The zero-order valence-corrected chi connectivity index (χ0v) is 13.1. The fraction of sp³-hybridized carbons (Fsp3) is 0.333. The molecule has 0 aliphatic heterocycles. The van der Waals surface area contributed by atoms with Crippen LogP contribution in [0.15, 0.2) is 36.4 Å². The van der Waals surface area contributed by atoms with Crippen molar-refractivity contribution in [2.75, 3.05) is 5.32 Å². The number of aromatic nitrogens is 2. The molecule has 0 spiro atoms. The predicted octanol–water partition coefficient (Wildman–Crippen LogP) is 4.01. The van der Waals surface area contributed by atoms with Gasteiger partial charge in [0.2, 0.25) is 0 Å². The summed E-state index contributed by atoms with van der Waals surface area (Å²) in [7, 11) is 0. The summed E-state index contributed by atoms with van der Waals surface area (Å²) in [6.45, 7) is 1.67. The van der Waals surface area contributed by atoms with E-state index in [0.29, 0.717) is 5.69 Å². The summed E-state index contributed by atoms with van der Waals surface area (Å²) in [4.78, 5) is 11.3. The van der Waals surface area contributed by atoms with Crippen molar-refractivity contribution < 1.29 is 35.5 Å². The van der Waals surface area contributed by atoms with E-state index in [-0.39, 0.29) is 6.54 Å². The van der Waals surface area contributed by atoms with E-state index in [0.717, 1.165) is 11.6 Å². The van der Waals surface area contributed by atoms with Gasteiger partial charge in [0.1, 0.15) is 0 Å². The van der Waals surface area contributed by atoms with Crippen LogP contribution in [0.5, 0.6) is 0 Å². The van der Waals surface area contributed by atoms with E-state index >= 15 is 0 Å². The van der Waals surface area contributed by atoms with Gasteiger partial charge >= 0.3 is 23.9 Å². The van der Waals surface area contributed by atoms with Gasteiger partial charge in [-0.1, -0.05) is 30.3 Å². The lowest BCUT2D eigenvalue weighted by Crippen LogP contribution is -2.57. The number of amides is 1. The molecule has 4 nitrogen and oxygen atoms in total. The molecule has 0 aliphatic carbocycles. The molecule has 0 atom stereocenters. The summed E-state index contributed by atoms with van der Waals surface area (Å²) in [5.74, 6) is -15.9. The zero-order valence-electron chi connectivity index (χ0n) is 13.1. The van der Waals surface area contributed by atoms with Gasteiger partial charge in [-0.25, -0.2) is 0 Å². The molecular formula is C15H12F7N3O. The summed E-state index contributed by atoms with van der Waals surface area (Å²) in [6.07, 6.45) is -6.59. The average Bonchev–Trinajstić information content (AvgIpc) is 2.86. The minimum Gasteiger partial charge on any atom is -0.304 e. The lowest BCUT2D eigenvalue weighted by atomic mass is 10.1. The van der Waals surface area contributed by atoms with Gasteiger partial charge in [-0.2, -0.15) is 35.8 Å². The molecule has 26 heavy (non-hydrogen) atoms. The number of anilines is 1. The van der Waals surface area contributed by atoms with Crippen LogP contribution in [0.4, 0.5) is 36.6 Å². The van der Waals surface area contributed by atoms with Gasteiger partial charge < -0.3 is 5.32 Å². The topological polar surface area (TPSA) is 46.9 Å². The van der Waals surface area contributed by atoms with Crippen LogP contribution in [0.3, 0.4) is 0 Å². The molecule has 0 unspecified atom stereocenters. The van der Waals surface area contributed by atoms with Crippen LogP contribution < -0.4 is 5.32 Å². The fourth-order valence-electron chi connectivity index (χ4n) is 2.00. The second-order valence-corrected chi connectivity index (χ2v) is 5.41. The third-order valence-corrected chi connectivity index (χ3v) is 3.43. The van der Waals surface area contributed by atoms with Crippen LogP contribution in [0.25, 0.3) is 0 Å². The lowest BCUT2D eigenvalue weighted by Gasteiger charge is -2.26. The van der Waals surface area contributed by atoms with Gasteiger partial charge in [0, 0.05) is 11.8 Å². The highest BCUT2D eigenvalue weighted by atomic mass is 19.4. The number of benzene rings is 1. The summed E-state index contributed by atoms with van der Waals surface area (Å²) in [5.41, 5.74) is 1.14. The maximum atomic E-state index is 13.3. The Kier molecular flexibility index (Phi) is 5.02. The van der Waals surface area contributed by atoms with Gasteiger partial charge in [0.15, 0.2) is 5.82 Å². The molecule has 2 aromatic rings. The maximum absolute atomic E-state index is 13.3. The first-order valence-electron chi connectivity index (χ1n) is 7.08. The Morgan fingerprint density at radius 2 is 1.65 bits per heavy atom. The van der Waals surface area contributed by atoms with Gasteiger partial charge in [-0.05, 0) is 12.5 Å². The molecule has 0 saturated heterocycles. The molecule has 11 heteroatoms. The van der Waals surface area contributed by atoms with Crippen molar-refractivity contribution in [3.8, 4) is 0 Å². The average molecular weight is 383 g/mol. The Bertz CT molecular complexity index is 784. The molecule has 0 radical (unpaired) electrons. The Morgan fingerprint density at radius 3 is 2.19 bits per heavy atom. The number of hydrogen-bond acceptors (Lipinski definition) is 2. The van der Waals surface area contributed by atoms with Crippen molar-refractivity contribution >= 4 is 11.7 Å². The number of halogens is 7. The second-order valence-electron chi connectivity index (χ2n) is 5.41. The van der Waals surface area contributed by atoms with Crippen LogP contribution in [-0.2, 0) is 11.3 Å². The molecule has 1 heterocycles. The van der Waals surface area contributed by atoms with E-state index < -0.39 is 29.7 Å². The standard InChI is InChI=1S/C15H12F7N3O/c1-9-7-11(24-25(9)8-10-5-3-2-4-6-10)23-12(26)13(16,17)14(18,19)15(20,21)22/h2-7H,8H2,1H3,(H,23,24,26). The highest BCUT2D eigenvalue weighted by Crippen LogP contribution is 2.46. The normalized spacial score (nSPS) is 12.9. The largest absolute Gasteiger partial charge is 0.460 e. The predicted molar refractivity (Wildman–Crippen MR) is 77.1 cm³/mol. The monoisotopic (exact) mass is 383 g/mol. The number of carbonyl (C=O) groups excluding carboxylic acids is 1. The Balaban J connectivity index is 2.18. The number of nitrogens with one attached hydrogen (secondary N) is 1. The smallest absolute Gasteiger partial charge is 0.304 e. The first-order valence-corrected chi connectivity index (χ1v) is 7.08. The van der Waals surface area contributed by atoms with Crippen molar-refractivity contribution in [1.29, 1.82) is 0 Å². The van der Waals surface area contributed by atoms with Crippen molar-refractivity contribution in [1.82, 2.24) is 9.78 Å². The quantitative estimate of drug-likeness (QED) is 0.794. The summed E-state index contributed by atoms with van der Waals surface area (Å²) >= 11 is 0. The van der Waals surface area contributed by atoms with Crippen molar-refractivity contribution in [3.63, 3.8) is 0 Å². The van der Waals surface area contributed by atoms with Crippen LogP contribution in [0, 0.1) is 6.92 Å². The number of rotatable bonds is 5. The van der Waals surface area contributed by atoms with Gasteiger partial charge in [-0.15, -0.1) is 0 Å². The van der Waals surface area contributed by atoms with Gasteiger partial charge in [0.25, 0.3) is 0 Å². The number of nitrogens with zero attached hydrogens (tertiary/aromatic N) is 2. The van der Waals surface area contributed by atoms with E-state index in [1.165, 1.54) is 16.9 Å². The summed E-state index contributed by atoms with van der Waals surface area (Å²) < 4.78 is 90.0. The van der Waals surface area contributed by atoms with Crippen molar-refractivity contribution in [3.05, 3.63) is 47.7 Å². The third kappa shape index (κ3) is 3.65. The number of hydrogen-bond donors (Lipinski definition) is 1. The Hall–Kier alpha value is -2.59. The Labute approximate surface area is 142 Å². The lowest BCUT2D eigenvalue weighted by molar-refractivity contribution is -0.343. The molecular weight excluding hydrogens is 371 g/mol. The molecule has 0 fully saturated rings. The van der Waals surface area contributed by atoms with E-state index in [9.17, 15) is 35.5 Å². The molecule has 0 saturated carbocycles. The second kappa shape index (κ2) is 6.61. The van der Waals surface area contributed by atoms with E-state index in [4.69, 9.17) is 0 Å². The first-order chi connectivity index (χ1) is 11.9. The molecule has 2 rings (SSSR count). The number of carbonyl (C=O) groups is 1. The van der Waals surface area contributed by atoms with Gasteiger partial charge in [0.05, 0.1) is 6.54 Å². The SMILES string of the molecule is Cc1cc(NC(=O)C(F)(F)C(F)(F)C(F)(F)F)nn1Cc1ccccc1. The zero-order chi connectivity index (χ0) is 19.8. The highest BCUT2D eigenvalue weighted by Gasteiger charge is 2.76. The number of alkyl halides is 7. The molecule has 1 aromatic heterocycles. The molecule has 142 valence electrons. The number of aryl methyl sites for hydroxylation is 1. The van der Waals surface area contributed by atoms with E-state index in [1.807, 2.05) is 0 Å². The van der Waals surface area contributed by atoms with Gasteiger partial charge in [-0.3, -0.25) is 9.48 Å². The van der Waals surface area contributed by atoms with Crippen LogP contribution >= 0.6 is 0 Å². The molecule has 1 amide bonds. The Morgan fingerprint density at radius 1 is 1.08 bits per heavy atom. The third-order valence-electron chi connectivity index (χ3n) is 3.43. The maximum Gasteiger partial charge on any atom is 0.460 e. The van der Waals surface area contributed by atoms with Crippen molar-refractivity contribution in [2.45, 2.75) is 31.5 Å². The van der Waals surface area contributed by atoms with Crippen molar-refractivity contribution in [2.24, 2.45) is 0 Å². The van der Waals surface area contributed by atoms with E-state index in [1.54, 1.807) is 30.3 Å². The molecule has 0 bridgehead atoms. The molecule has 1 N–H and O–H groups in total. The minimum absolute atomic E-state index is 0.178. The minimum atomic E-state index is -6.59. The summed E-state index contributed by atoms with van der Waals surface area (Å²) in [6, 6.07) is 9.76. The highest BCUT2D eigenvalue weighted by molar-refractivity contribution is 5.96. The van der Waals surface area contributed by atoms with E-state index in [2.05, 4.69) is 5.10 Å². The summed E-state index contributed by atoms with van der Waals surface area (Å²) in [5, 5.41) is 5.03. The first kappa shape index (κ1) is 19.7.